The van der Waals surface area contributed by atoms with E-state index in [0.29, 0.717) is 43.9 Å². The number of nitrogens with zero attached hydrogens (tertiary/aromatic N) is 1. The van der Waals surface area contributed by atoms with Gasteiger partial charge in [-0.05, 0) is 73.4 Å². The van der Waals surface area contributed by atoms with Crippen LogP contribution >= 0.6 is 15.9 Å². The molecule has 5 nitrogen and oxygen atoms in total. The molecule has 10 heteroatoms. The lowest BCUT2D eigenvalue weighted by molar-refractivity contribution is -0.137. The predicted octanol–water partition coefficient (Wildman–Crippen LogP) is 6.64. The van der Waals surface area contributed by atoms with Gasteiger partial charge in [0, 0.05) is 23.4 Å². The molecule has 1 aliphatic carbocycles. The summed E-state index contributed by atoms with van der Waals surface area (Å²) in [6.45, 7) is 2.41. The standard InChI is InChI=1S/C27H29BrF4N2O3/c28-10-11-36-12-13-37-16-17-4-6-18(7-5-17)24-22-9-8-21(29)15-23(22)33-25(24)34-26(35)19-2-1-3-20(14-19)27(30,31)32/h1-3,8-9,14-15,17-18,24H,4-7,10-13,16H2,(H,33,34,35)/t17?,18?,24-/m1/s1. The Hall–Kier alpha value is -2.30. The minimum atomic E-state index is -4.56. The second-order valence-electron chi connectivity index (χ2n) is 9.37. The molecule has 200 valence electrons. The Balaban J connectivity index is 1.42. The molecule has 0 radical (unpaired) electrons. The molecule has 0 aromatic heterocycles. The summed E-state index contributed by atoms with van der Waals surface area (Å²) in [6, 6.07) is 8.65. The van der Waals surface area contributed by atoms with Crippen LogP contribution in [0.15, 0.2) is 47.5 Å². The summed E-state index contributed by atoms with van der Waals surface area (Å²) in [5, 5.41) is 3.53. The topological polar surface area (TPSA) is 59.9 Å². The van der Waals surface area contributed by atoms with E-state index in [1.807, 2.05) is 0 Å². The van der Waals surface area contributed by atoms with Gasteiger partial charge in [0.1, 0.15) is 11.7 Å². The zero-order valence-electron chi connectivity index (χ0n) is 20.2. The Morgan fingerprint density at radius 2 is 1.78 bits per heavy atom. The highest BCUT2D eigenvalue weighted by Gasteiger charge is 2.38. The van der Waals surface area contributed by atoms with E-state index in [0.717, 1.165) is 48.7 Å². The Morgan fingerprint density at radius 3 is 2.51 bits per heavy atom. The molecular weight excluding hydrogens is 556 g/mol. The van der Waals surface area contributed by atoms with Crippen LogP contribution in [0.5, 0.6) is 0 Å². The Kier molecular flexibility index (Phi) is 9.36. The summed E-state index contributed by atoms with van der Waals surface area (Å²) in [6.07, 6.45) is -0.938. The molecule has 4 rings (SSSR count). The van der Waals surface area contributed by atoms with E-state index in [4.69, 9.17) is 9.47 Å². The molecule has 0 saturated heterocycles. The highest BCUT2D eigenvalue weighted by molar-refractivity contribution is 9.09. The number of carbonyl (C=O) groups is 1. The van der Waals surface area contributed by atoms with Crippen molar-refractivity contribution in [3.63, 3.8) is 0 Å². The first-order chi connectivity index (χ1) is 17.8. The normalized spacial score (nSPS) is 21.4. The average Bonchev–Trinajstić information content (AvgIpc) is 3.22. The first-order valence-electron chi connectivity index (χ1n) is 12.3. The fraction of sp³-hybridized carbons (Fsp3) is 0.481. The van der Waals surface area contributed by atoms with E-state index in [1.54, 1.807) is 6.07 Å². The number of halogens is 5. The van der Waals surface area contributed by atoms with Crippen LogP contribution in [-0.4, -0.2) is 43.5 Å². The van der Waals surface area contributed by atoms with Gasteiger partial charge in [-0.15, -0.1) is 0 Å². The smallest absolute Gasteiger partial charge is 0.379 e. The van der Waals surface area contributed by atoms with Gasteiger partial charge in [0.2, 0.25) is 0 Å². The monoisotopic (exact) mass is 584 g/mol. The van der Waals surface area contributed by atoms with Crippen LogP contribution in [-0.2, 0) is 15.7 Å². The van der Waals surface area contributed by atoms with E-state index in [2.05, 4.69) is 26.2 Å². The number of fused-ring (bicyclic) bond motifs is 1. The summed E-state index contributed by atoms with van der Waals surface area (Å²) in [7, 11) is 0. The zero-order chi connectivity index (χ0) is 26.4. The summed E-state index contributed by atoms with van der Waals surface area (Å²) in [4.78, 5) is 17.4. The molecule has 2 aromatic rings. The molecule has 37 heavy (non-hydrogen) atoms. The number of ether oxygens (including phenoxy) is 2. The second-order valence-corrected chi connectivity index (χ2v) is 10.2. The summed E-state index contributed by atoms with van der Waals surface area (Å²) in [5.41, 5.74) is 0.257. The van der Waals surface area contributed by atoms with Gasteiger partial charge in [0.25, 0.3) is 5.91 Å². The fourth-order valence-electron chi connectivity index (χ4n) is 5.04. The molecule has 1 N–H and O–H groups in total. The van der Waals surface area contributed by atoms with Crippen LogP contribution in [0.25, 0.3) is 0 Å². The van der Waals surface area contributed by atoms with Crippen molar-refractivity contribution >= 4 is 33.4 Å². The van der Waals surface area contributed by atoms with Crippen LogP contribution in [0.4, 0.5) is 23.2 Å². The molecule has 0 bridgehead atoms. The predicted molar refractivity (Wildman–Crippen MR) is 136 cm³/mol. The molecule has 0 spiro atoms. The molecule has 0 unspecified atom stereocenters. The molecule has 2 aromatic carbocycles. The maximum absolute atomic E-state index is 13.9. The van der Waals surface area contributed by atoms with E-state index < -0.39 is 23.5 Å². The third-order valence-corrected chi connectivity index (χ3v) is 7.19. The number of carbonyl (C=O) groups excluding carboxylic acids is 1. The molecule has 1 atom stereocenters. The third-order valence-electron chi connectivity index (χ3n) is 6.87. The Bertz CT molecular complexity index is 1120. The molecular formula is C27H29BrF4N2O3. The number of benzene rings is 2. The van der Waals surface area contributed by atoms with Crippen molar-refractivity contribution in [1.29, 1.82) is 0 Å². The SMILES string of the molecule is O=C(NC1=Nc2cc(F)ccc2[C@H]1C1CCC(COCCOCCBr)CC1)c1cccc(C(F)(F)F)c1. The first-order valence-corrected chi connectivity index (χ1v) is 13.5. The molecule has 1 saturated carbocycles. The number of alkyl halides is 4. The summed E-state index contributed by atoms with van der Waals surface area (Å²) >= 11 is 3.31. The molecule has 1 aliphatic heterocycles. The lowest BCUT2D eigenvalue weighted by Gasteiger charge is -2.33. The van der Waals surface area contributed by atoms with E-state index in [9.17, 15) is 22.4 Å². The molecule has 1 amide bonds. The summed E-state index contributed by atoms with van der Waals surface area (Å²) in [5.74, 6) is -0.441. The molecule has 2 aliphatic rings. The number of amidine groups is 1. The number of rotatable bonds is 9. The minimum Gasteiger partial charge on any atom is -0.379 e. The van der Waals surface area contributed by atoms with Crippen molar-refractivity contribution in [2.45, 2.75) is 37.8 Å². The van der Waals surface area contributed by atoms with Crippen LogP contribution in [0, 0.1) is 17.7 Å². The van der Waals surface area contributed by atoms with Crippen LogP contribution < -0.4 is 5.32 Å². The van der Waals surface area contributed by atoms with Crippen LogP contribution in [0.3, 0.4) is 0 Å². The first kappa shape index (κ1) is 27.7. The van der Waals surface area contributed by atoms with E-state index in [-0.39, 0.29) is 17.4 Å². The largest absolute Gasteiger partial charge is 0.416 e. The van der Waals surface area contributed by atoms with Crippen molar-refractivity contribution in [1.82, 2.24) is 5.32 Å². The minimum absolute atomic E-state index is 0.112. The Morgan fingerprint density at radius 1 is 1.03 bits per heavy atom. The van der Waals surface area contributed by atoms with Crippen molar-refractivity contribution in [2.24, 2.45) is 16.8 Å². The third kappa shape index (κ3) is 7.18. The maximum atomic E-state index is 13.9. The molecule has 1 fully saturated rings. The van der Waals surface area contributed by atoms with Gasteiger partial charge < -0.3 is 14.8 Å². The number of aliphatic imine (C=N–C) groups is 1. The summed E-state index contributed by atoms with van der Waals surface area (Å²) < 4.78 is 64.5. The van der Waals surface area contributed by atoms with Gasteiger partial charge in [-0.3, -0.25) is 4.79 Å². The van der Waals surface area contributed by atoms with Gasteiger partial charge >= 0.3 is 6.18 Å². The zero-order valence-corrected chi connectivity index (χ0v) is 21.8. The van der Waals surface area contributed by atoms with Gasteiger partial charge in [-0.2, -0.15) is 13.2 Å². The maximum Gasteiger partial charge on any atom is 0.416 e. The van der Waals surface area contributed by atoms with Crippen LogP contribution in [0.1, 0.15) is 53.1 Å². The number of hydrogen-bond acceptors (Lipinski definition) is 4. The van der Waals surface area contributed by atoms with Gasteiger partial charge in [-0.1, -0.05) is 28.1 Å². The van der Waals surface area contributed by atoms with Crippen molar-refractivity contribution < 1.29 is 31.8 Å². The lowest BCUT2D eigenvalue weighted by Crippen LogP contribution is -2.37. The number of hydrogen-bond donors (Lipinski definition) is 1. The Labute approximate surface area is 221 Å². The second kappa shape index (κ2) is 12.5. The van der Waals surface area contributed by atoms with Crippen LogP contribution in [0.2, 0.25) is 0 Å². The van der Waals surface area contributed by atoms with Crippen molar-refractivity contribution in [3.8, 4) is 0 Å². The average molecular weight is 585 g/mol. The van der Waals surface area contributed by atoms with E-state index >= 15 is 0 Å². The van der Waals surface area contributed by atoms with Gasteiger partial charge in [0.15, 0.2) is 0 Å². The lowest BCUT2D eigenvalue weighted by atomic mass is 9.73. The van der Waals surface area contributed by atoms with Crippen molar-refractivity contribution in [2.75, 3.05) is 31.8 Å². The quantitative estimate of drug-likeness (QED) is 0.204. The number of amides is 1. The number of nitrogens with one attached hydrogen (secondary N) is 1. The fourth-order valence-corrected chi connectivity index (χ4v) is 5.27. The van der Waals surface area contributed by atoms with Gasteiger partial charge in [0.05, 0.1) is 31.1 Å². The highest BCUT2D eigenvalue weighted by atomic mass is 79.9. The van der Waals surface area contributed by atoms with E-state index in [1.165, 1.54) is 24.3 Å². The highest BCUT2D eigenvalue weighted by Crippen LogP contribution is 2.45. The molecule has 1 heterocycles. The van der Waals surface area contributed by atoms with Crippen molar-refractivity contribution in [3.05, 3.63) is 65.0 Å². The van der Waals surface area contributed by atoms with Gasteiger partial charge in [-0.25, -0.2) is 9.38 Å².